The number of aromatic nitrogens is 2. The summed E-state index contributed by atoms with van der Waals surface area (Å²) in [6.07, 6.45) is 5.75. The van der Waals surface area contributed by atoms with Crippen molar-refractivity contribution >= 4 is 0 Å². The summed E-state index contributed by atoms with van der Waals surface area (Å²) in [5.74, 6) is 2.54. The van der Waals surface area contributed by atoms with E-state index in [1.54, 1.807) is 7.11 Å². The van der Waals surface area contributed by atoms with E-state index in [9.17, 15) is 0 Å². The van der Waals surface area contributed by atoms with E-state index in [4.69, 9.17) is 4.74 Å². The first-order chi connectivity index (χ1) is 10.2. The Kier molecular flexibility index (Phi) is 3.00. The van der Waals surface area contributed by atoms with Crippen molar-refractivity contribution in [3.05, 3.63) is 35.8 Å². The largest absolute Gasteiger partial charge is 0.496 e. The van der Waals surface area contributed by atoms with Crippen LogP contribution >= 0.6 is 0 Å². The zero-order chi connectivity index (χ0) is 14.4. The highest BCUT2D eigenvalue weighted by molar-refractivity contribution is 5.67. The van der Waals surface area contributed by atoms with Gasteiger partial charge < -0.3 is 15.0 Å². The maximum atomic E-state index is 5.48. The first-order valence-corrected chi connectivity index (χ1v) is 7.70. The van der Waals surface area contributed by atoms with Crippen LogP contribution in [-0.4, -0.2) is 29.2 Å². The van der Waals surface area contributed by atoms with Gasteiger partial charge in [0.2, 0.25) is 0 Å². The van der Waals surface area contributed by atoms with Crippen molar-refractivity contribution in [1.82, 2.24) is 15.3 Å². The number of hydrogen-bond acceptors (Lipinski definition) is 3. The van der Waals surface area contributed by atoms with Crippen LogP contribution in [0, 0.1) is 6.92 Å². The van der Waals surface area contributed by atoms with E-state index < -0.39 is 0 Å². The molecule has 4 nitrogen and oxygen atoms in total. The number of methoxy groups -OCH3 is 1. The van der Waals surface area contributed by atoms with E-state index in [-0.39, 0.29) is 0 Å². The molecule has 110 valence electrons. The van der Waals surface area contributed by atoms with Crippen LogP contribution < -0.4 is 10.1 Å². The molecule has 2 aliphatic rings. The number of aromatic amines is 1. The minimum absolute atomic E-state index is 0.535. The summed E-state index contributed by atoms with van der Waals surface area (Å²) in [7, 11) is 1.71. The Morgan fingerprint density at radius 1 is 1.29 bits per heavy atom. The third-order valence-electron chi connectivity index (χ3n) is 4.89. The van der Waals surface area contributed by atoms with Gasteiger partial charge in [0.15, 0.2) is 0 Å². The Morgan fingerprint density at radius 2 is 2.19 bits per heavy atom. The summed E-state index contributed by atoms with van der Waals surface area (Å²) in [5.41, 5.74) is 3.37. The Labute approximate surface area is 124 Å². The third-order valence-corrected chi connectivity index (χ3v) is 4.89. The standard InChI is InChI=1S/C17H21N3O/c1-10-3-6-16(21-2)12(7-10)15-9-18-17(20-15)13-8-11-4-5-14(13)19-11/h3,6-7,9,11,13-14,19H,4-5,8H2,1-2H3,(H,18,20). The van der Waals surface area contributed by atoms with E-state index in [1.165, 1.54) is 24.8 Å². The molecule has 2 bridgehead atoms. The van der Waals surface area contributed by atoms with Crippen molar-refractivity contribution in [1.29, 1.82) is 0 Å². The molecule has 4 rings (SSSR count). The van der Waals surface area contributed by atoms with Gasteiger partial charge in [0.05, 0.1) is 19.0 Å². The van der Waals surface area contributed by atoms with Gasteiger partial charge in [-0.2, -0.15) is 0 Å². The fourth-order valence-electron chi connectivity index (χ4n) is 3.82. The SMILES string of the molecule is COc1ccc(C)cc1-c1cnc(C2CC3CCC2N3)[nH]1. The van der Waals surface area contributed by atoms with Crippen molar-refractivity contribution in [3.63, 3.8) is 0 Å². The lowest BCUT2D eigenvalue weighted by atomic mass is 9.89. The zero-order valence-electron chi connectivity index (χ0n) is 12.5. The molecule has 0 aliphatic carbocycles. The lowest BCUT2D eigenvalue weighted by molar-refractivity contribution is 0.416. The number of rotatable bonds is 3. The van der Waals surface area contributed by atoms with Gasteiger partial charge in [0.25, 0.3) is 0 Å². The van der Waals surface area contributed by atoms with Crippen LogP contribution in [0.4, 0.5) is 0 Å². The van der Waals surface area contributed by atoms with Crippen LogP contribution in [0.15, 0.2) is 24.4 Å². The Morgan fingerprint density at radius 3 is 2.90 bits per heavy atom. The van der Waals surface area contributed by atoms with E-state index in [2.05, 4.69) is 34.3 Å². The van der Waals surface area contributed by atoms with Crippen molar-refractivity contribution in [3.8, 4) is 17.0 Å². The molecule has 2 aliphatic heterocycles. The zero-order valence-corrected chi connectivity index (χ0v) is 12.5. The monoisotopic (exact) mass is 283 g/mol. The summed E-state index contributed by atoms with van der Waals surface area (Å²) >= 11 is 0. The molecule has 3 atom stereocenters. The van der Waals surface area contributed by atoms with Crippen LogP contribution in [0.3, 0.4) is 0 Å². The minimum Gasteiger partial charge on any atom is -0.496 e. The molecule has 1 aromatic heterocycles. The molecule has 0 amide bonds. The van der Waals surface area contributed by atoms with Gasteiger partial charge in [-0.3, -0.25) is 0 Å². The van der Waals surface area contributed by atoms with Crippen molar-refractivity contribution in [2.45, 2.75) is 44.2 Å². The van der Waals surface area contributed by atoms with Gasteiger partial charge in [-0.25, -0.2) is 4.98 Å². The van der Waals surface area contributed by atoms with Crippen molar-refractivity contribution < 1.29 is 4.74 Å². The fourth-order valence-corrected chi connectivity index (χ4v) is 3.82. The number of nitrogens with one attached hydrogen (secondary N) is 2. The molecule has 2 fully saturated rings. The molecule has 0 radical (unpaired) electrons. The van der Waals surface area contributed by atoms with E-state index in [1.807, 2.05) is 12.3 Å². The molecule has 2 aromatic rings. The molecule has 21 heavy (non-hydrogen) atoms. The number of nitrogens with zero attached hydrogens (tertiary/aromatic N) is 1. The number of hydrogen-bond donors (Lipinski definition) is 2. The quantitative estimate of drug-likeness (QED) is 0.910. The average molecular weight is 283 g/mol. The van der Waals surface area contributed by atoms with Crippen molar-refractivity contribution in [2.75, 3.05) is 7.11 Å². The molecule has 4 heteroatoms. The number of fused-ring (bicyclic) bond motifs is 2. The molecule has 2 N–H and O–H groups in total. The molecule has 0 saturated carbocycles. The number of H-pyrrole nitrogens is 1. The summed E-state index contributed by atoms with van der Waals surface area (Å²) in [5, 5.41) is 3.67. The Bertz CT molecular complexity index is 664. The molecule has 1 aromatic carbocycles. The highest BCUT2D eigenvalue weighted by atomic mass is 16.5. The highest BCUT2D eigenvalue weighted by Gasteiger charge is 2.41. The van der Waals surface area contributed by atoms with Gasteiger partial charge in [-0.15, -0.1) is 0 Å². The minimum atomic E-state index is 0.535. The topological polar surface area (TPSA) is 49.9 Å². The first-order valence-electron chi connectivity index (χ1n) is 7.70. The molecule has 3 heterocycles. The smallest absolute Gasteiger partial charge is 0.128 e. The molecular formula is C17H21N3O. The number of benzene rings is 1. The summed E-state index contributed by atoms with van der Waals surface area (Å²) in [6.45, 7) is 2.10. The third kappa shape index (κ3) is 2.14. The second-order valence-electron chi connectivity index (χ2n) is 6.28. The first kappa shape index (κ1) is 12.9. The lowest BCUT2D eigenvalue weighted by Gasteiger charge is -2.17. The maximum absolute atomic E-state index is 5.48. The number of imidazole rings is 1. The predicted octanol–water partition coefficient (Wildman–Crippen LogP) is 3.00. The Balaban J connectivity index is 1.67. The average Bonchev–Trinajstić information content (AvgIpc) is 3.23. The van der Waals surface area contributed by atoms with Gasteiger partial charge >= 0.3 is 0 Å². The van der Waals surface area contributed by atoms with E-state index in [0.29, 0.717) is 18.0 Å². The highest BCUT2D eigenvalue weighted by Crippen LogP contribution is 2.39. The molecular weight excluding hydrogens is 262 g/mol. The van der Waals surface area contributed by atoms with Crippen LogP contribution in [0.25, 0.3) is 11.3 Å². The number of ether oxygens (including phenoxy) is 1. The maximum Gasteiger partial charge on any atom is 0.128 e. The summed E-state index contributed by atoms with van der Waals surface area (Å²) in [6, 6.07) is 7.54. The summed E-state index contributed by atoms with van der Waals surface area (Å²) in [4.78, 5) is 8.17. The van der Waals surface area contributed by atoms with Crippen LogP contribution in [0.1, 0.15) is 36.6 Å². The van der Waals surface area contributed by atoms with Gasteiger partial charge in [0, 0.05) is 23.6 Å². The van der Waals surface area contributed by atoms with E-state index in [0.717, 1.165) is 22.8 Å². The van der Waals surface area contributed by atoms with E-state index >= 15 is 0 Å². The van der Waals surface area contributed by atoms with Gasteiger partial charge in [0.1, 0.15) is 11.6 Å². The van der Waals surface area contributed by atoms with Gasteiger partial charge in [-0.05, 0) is 38.3 Å². The Hall–Kier alpha value is -1.81. The number of aryl methyl sites for hydroxylation is 1. The second-order valence-corrected chi connectivity index (χ2v) is 6.28. The van der Waals surface area contributed by atoms with Crippen LogP contribution in [0.5, 0.6) is 5.75 Å². The summed E-state index contributed by atoms with van der Waals surface area (Å²) < 4.78 is 5.48. The van der Waals surface area contributed by atoms with Gasteiger partial charge in [-0.1, -0.05) is 11.6 Å². The molecule has 0 spiro atoms. The van der Waals surface area contributed by atoms with Crippen LogP contribution in [-0.2, 0) is 0 Å². The lowest BCUT2D eigenvalue weighted by Crippen LogP contribution is -2.22. The molecule has 3 unspecified atom stereocenters. The molecule has 2 saturated heterocycles. The van der Waals surface area contributed by atoms with Crippen LogP contribution in [0.2, 0.25) is 0 Å². The normalized spacial score (nSPS) is 27.2. The van der Waals surface area contributed by atoms with Crippen molar-refractivity contribution in [2.24, 2.45) is 0 Å². The second kappa shape index (κ2) is 4.88. The fraction of sp³-hybridized carbons (Fsp3) is 0.471. The predicted molar refractivity (Wildman–Crippen MR) is 82.6 cm³/mol.